The maximum Gasteiger partial charge on any atom is 0.296 e. The molecule has 0 radical (unpaired) electrons. The smallest absolute Gasteiger partial charge is 0.296 e. The number of piperidine rings is 1. The Labute approximate surface area is 189 Å². The van der Waals surface area contributed by atoms with Crippen LogP contribution < -0.4 is 5.32 Å². The summed E-state index contributed by atoms with van der Waals surface area (Å²) >= 11 is 3.39. The van der Waals surface area contributed by atoms with Gasteiger partial charge in [0, 0.05) is 40.3 Å². The van der Waals surface area contributed by atoms with Gasteiger partial charge >= 0.3 is 0 Å². The van der Waals surface area contributed by atoms with Crippen LogP contribution in [0.4, 0.5) is 5.69 Å². The lowest BCUT2D eigenvalue weighted by molar-refractivity contribution is -0.132. The number of carbonyl (C=O) groups excluding carboxylic acids is 3. The van der Waals surface area contributed by atoms with Crippen molar-refractivity contribution in [2.75, 3.05) is 18.4 Å². The number of aryl methyl sites for hydroxylation is 1. The third-order valence-corrected chi connectivity index (χ3v) is 6.18. The molecule has 1 aliphatic rings. The summed E-state index contributed by atoms with van der Waals surface area (Å²) in [6.07, 6.45) is 4.83. The van der Waals surface area contributed by atoms with E-state index < -0.39 is 11.7 Å². The molecule has 0 bridgehead atoms. The number of ketones is 1. The van der Waals surface area contributed by atoms with Crippen LogP contribution in [0.25, 0.3) is 10.9 Å². The zero-order chi connectivity index (χ0) is 22.0. The van der Waals surface area contributed by atoms with Crippen LogP contribution in [-0.4, -0.2) is 40.2 Å². The first-order valence-corrected chi connectivity index (χ1v) is 11.2. The van der Waals surface area contributed by atoms with Crippen LogP contribution in [0.1, 0.15) is 35.2 Å². The first kappa shape index (κ1) is 21.3. The number of anilines is 1. The number of Topliss-reactive ketones (excluding diaryl/α,β-unsaturated/α-hetero) is 1. The van der Waals surface area contributed by atoms with Crippen LogP contribution in [0.3, 0.4) is 0 Å². The number of para-hydroxylation sites is 1. The van der Waals surface area contributed by atoms with Gasteiger partial charge in [-0.3, -0.25) is 14.4 Å². The molecule has 6 nitrogen and oxygen atoms in total. The SMILES string of the molecule is Cc1cc(Br)ccc1NC(=O)C(=O)c1cn(CC(=O)N2CCCCC2)c2ccccc12. The molecule has 1 saturated heterocycles. The Morgan fingerprint density at radius 1 is 1.03 bits per heavy atom. The standard InChI is InChI=1S/C24H24BrN3O3/c1-16-13-17(25)9-10-20(16)26-24(31)23(30)19-14-28(21-8-4-3-7-18(19)21)15-22(29)27-11-5-2-6-12-27/h3-4,7-10,13-14H,2,5-6,11-12,15H2,1H3,(H,26,31). The minimum absolute atomic E-state index is 0.0365. The minimum atomic E-state index is -0.698. The Kier molecular flexibility index (Phi) is 6.23. The van der Waals surface area contributed by atoms with E-state index in [0.717, 1.165) is 47.9 Å². The Balaban J connectivity index is 1.59. The van der Waals surface area contributed by atoms with E-state index in [0.29, 0.717) is 16.6 Å². The fourth-order valence-electron chi connectivity index (χ4n) is 4.02. The molecular formula is C24H24BrN3O3. The summed E-state index contributed by atoms with van der Waals surface area (Å²) in [5, 5.41) is 3.38. The third-order valence-electron chi connectivity index (χ3n) is 5.69. The largest absolute Gasteiger partial charge is 0.341 e. The molecule has 1 aromatic heterocycles. The van der Waals surface area contributed by atoms with Crippen molar-refractivity contribution < 1.29 is 14.4 Å². The lowest BCUT2D eigenvalue weighted by atomic mass is 10.1. The number of carbonyl (C=O) groups is 3. The molecular weight excluding hydrogens is 458 g/mol. The van der Waals surface area contributed by atoms with Crippen molar-refractivity contribution in [3.05, 3.63) is 64.3 Å². The van der Waals surface area contributed by atoms with Crippen molar-refractivity contribution in [2.24, 2.45) is 0 Å². The van der Waals surface area contributed by atoms with Gasteiger partial charge in [-0.2, -0.15) is 0 Å². The summed E-state index contributed by atoms with van der Waals surface area (Å²) < 4.78 is 2.67. The topological polar surface area (TPSA) is 71.4 Å². The number of halogens is 1. The summed E-state index contributed by atoms with van der Waals surface area (Å²) in [6, 6.07) is 12.8. The van der Waals surface area contributed by atoms with E-state index in [9.17, 15) is 14.4 Å². The molecule has 0 aliphatic carbocycles. The normalized spacial score (nSPS) is 13.9. The average Bonchev–Trinajstić information content (AvgIpc) is 3.14. The number of rotatable bonds is 5. The Bertz CT molecular complexity index is 1160. The summed E-state index contributed by atoms with van der Waals surface area (Å²) in [7, 11) is 0. The van der Waals surface area contributed by atoms with E-state index in [1.165, 1.54) is 0 Å². The number of amides is 2. The van der Waals surface area contributed by atoms with Crippen molar-refractivity contribution in [1.82, 2.24) is 9.47 Å². The fourth-order valence-corrected chi connectivity index (χ4v) is 4.49. The number of aromatic nitrogens is 1. The van der Waals surface area contributed by atoms with Gasteiger partial charge in [-0.15, -0.1) is 0 Å². The lowest BCUT2D eigenvalue weighted by Crippen LogP contribution is -2.37. The number of hydrogen-bond donors (Lipinski definition) is 1. The highest BCUT2D eigenvalue weighted by Gasteiger charge is 2.24. The number of benzene rings is 2. The van der Waals surface area contributed by atoms with Gasteiger partial charge < -0.3 is 14.8 Å². The van der Waals surface area contributed by atoms with E-state index in [1.54, 1.807) is 16.8 Å². The van der Waals surface area contributed by atoms with E-state index in [4.69, 9.17) is 0 Å². The molecule has 0 unspecified atom stereocenters. The van der Waals surface area contributed by atoms with Crippen molar-refractivity contribution in [3.8, 4) is 0 Å². The Morgan fingerprint density at radius 3 is 2.52 bits per heavy atom. The molecule has 0 spiro atoms. The summed E-state index contributed by atoms with van der Waals surface area (Å²) in [5.41, 5.74) is 2.51. The van der Waals surface area contributed by atoms with Gasteiger partial charge in [0.2, 0.25) is 5.91 Å². The van der Waals surface area contributed by atoms with E-state index >= 15 is 0 Å². The van der Waals surface area contributed by atoms with E-state index in [1.807, 2.05) is 48.2 Å². The number of hydrogen-bond acceptors (Lipinski definition) is 3. The van der Waals surface area contributed by atoms with Crippen LogP contribution in [0.15, 0.2) is 53.1 Å². The molecule has 2 aromatic carbocycles. The number of likely N-dealkylation sites (tertiary alicyclic amines) is 1. The first-order valence-electron chi connectivity index (χ1n) is 10.4. The number of fused-ring (bicyclic) bond motifs is 1. The number of nitrogens with one attached hydrogen (secondary N) is 1. The second-order valence-corrected chi connectivity index (χ2v) is 8.79. The molecule has 2 amide bonds. The molecule has 7 heteroatoms. The monoisotopic (exact) mass is 481 g/mol. The maximum atomic E-state index is 13.0. The molecule has 1 N–H and O–H groups in total. The molecule has 0 saturated carbocycles. The lowest BCUT2D eigenvalue weighted by Gasteiger charge is -2.27. The van der Waals surface area contributed by atoms with Crippen molar-refractivity contribution >= 4 is 50.1 Å². The van der Waals surface area contributed by atoms with E-state index in [-0.39, 0.29) is 12.5 Å². The highest BCUT2D eigenvalue weighted by Crippen LogP contribution is 2.24. The molecule has 4 rings (SSSR count). The highest BCUT2D eigenvalue weighted by molar-refractivity contribution is 9.10. The predicted molar refractivity (Wildman–Crippen MR) is 124 cm³/mol. The Morgan fingerprint density at radius 2 is 1.77 bits per heavy atom. The Hall–Kier alpha value is -2.93. The summed E-state index contributed by atoms with van der Waals surface area (Å²) in [5.74, 6) is -1.28. The van der Waals surface area contributed by atoms with Crippen LogP contribution in [0.5, 0.6) is 0 Å². The fraction of sp³-hybridized carbons (Fsp3) is 0.292. The van der Waals surface area contributed by atoms with E-state index in [2.05, 4.69) is 21.2 Å². The van der Waals surface area contributed by atoms with Gasteiger partial charge in [0.1, 0.15) is 6.54 Å². The van der Waals surface area contributed by atoms with Crippen LogP contribution in [-0.2, 0) is 16.1 Å². The van der Waals surface area contributed by atoms with Gasteiger partial charge in [-0.25, -0.2) is 0 Å². The van der Waals surface area contributed by atoms with Gasteiger partial charge in [0.05, 0.1) is 5.56 Å². The third kappa shape index (κ3) is 4.56. The van der Waals surface area contributed by atoms with Crippen molar-refractivity contribution in [2.45, 2.75) is 32.7 Å². The molecule has 2 heterocycles. The molecule has 1 fully saturated rings. The molecule has 3 aromatic rings. The quantitative estimate of drug-likeness (QED) is 0.429. The van der Waals surface area contributed by atoms with Crippen LogP contribution >= 0.6 is 15.9 Å². The second-order valence-electron chi connectivity index (χ2n) is 7.87. The molecule has 0 atom stereocenters. The molecule has 31 heavy (non-hydrogen) atoms. The highest BCUT2D eigenvalue weighted by atomic mass is 79.9. The number of nitrogens with zero attached hydrogens (tertiary/aromatic N) is 2. The maximum absolute atomic E-state index is 13.0. The average molecular weight is 482 g/mol. The summed E-state index contributed by atoms with van der Waals surface area (Å²) in [4.78, 5) is 40.4. The minimum Gasteiger partial charge on any atom is -0.341 e. The predicted octanol–water partition coefficient (Wildman–Crippen LogP) is 4.55. The van der Waals surface area contributed by atoms with Crippen LogP contribution in [0.2, 0.25) is 0 Å². The van der Waals surface area contributed by atoms with Gasteiger partial charge in [0.25, 0.3) is 11.7 Å². The van der Waals surface area contributed by atoms with Gasteiger partial charge in [-0.1, -0.05) is 34.1 Å². The van der Waals surface area contributed by atoms with Crippen molar-refractivity contribution in [3.63, 3.8) is 0 Å². The zero-order valence-corrected chi connectivity index (χ0v) is 18.9. The second kappa shape index (κ2) is 9.06. The van der Waals surface area contributed by atoms with Crippen molar-refractivity contribution in [1.29, 1.82) is 0 Å². The van der Waals surface area contributed by atoms with Gasteiger partial charge in [0.15, 0.2) is 0 Å². The molecule has 160 valence electrons. The van der Waals surface area contributed by atoms with Gasteiger partial charge in [-0.05, 0) is 56.0 Å². The van der Waals surface area contributed by atoms with Crippen LogP contribution in [0, 0.1) is 6.92 Å². The molecule has 1 aliphatic heterocycles. The zero-order valence-electron chi connectivity index (χ0n) is 17.4. The summed E-state index contributed by atoms with van der Waals surface area (Å²) in [6.45, 7) is 3.57. The first-order chi connectivity index (χ1) is 14.9.